The van der Waals surface area contributed by atoms with Crippen molar-refractivity contribution >= 4 is 21.4 Å². The van der Waals surface area contributed by atoms with E-state index in [1.54, 1.807) is 24.3 Å². The summed E-state index contributed by atoms with van der Waals surface area (Å²) >= 11 is 0. The number of alkyl halides is 3. The average Bonchev–Trinajstić information content (AvgIpc) is 2.69. The monoisotopic (exact) mass is 423 g/mol. The Labute approximate surface area is 163 Å². The van der Waals surface area contributed by atoms with Crippen molar-refractivity contribution in [1.29, 1.82) is 0 Å². The van der Waals surface area contributed by atoms with Crippen LogP contribution in [-0.4, -0.2) is 29.8 Å². The highest BCUT2D eigenvalue weighted by molar-refractivity contribution is 7.92. The highest BCUT2D eigenvalue weighted by Gasteiger charge is 2.46. The zero-order chi connectivity index (χ0) is 21.1. The number of carbonyl (C=O) groups excluding carboxylic acids is 1. The summed E-state index contributed by atoms with van der Waals surface area (Å²) in [5, 5.41) is 2.54. The molecule has 0 saturated carbocycles. The maximum atomic E-state index is 12.6. The molecule has 7 nitrogen and oxygen atoms in total. The molecule has 29 heavy (non-hydrogen) atoms. The van der Waals surface area contributed by atoms with Crippen LogP contribution in [0, 0.1) is 0 Å². The minimum atomic E-state index is -5.46. The lowest BCUT2D eigenvalue weighted by Crippen LogP contribution is -2.23. The van der Waals surface area contributed by atoms with Crippen molar-refractivity contribution in [2.24, 2.45) is 0 Å². The number of rotatable bonds is 5. The molecule has 1 N–H and O–H groups in total. The number of benzene rings is 2. The van der Waals surface area contributed by atoms with Crippen molar-refractivity contribution in [3.8, 4) is 11.6 Å². The second-order valence-electron chi connectivity index (χ2n) is 5.60. The molecule has 0 fully saturated rings. The minimum absolute atomic E-state index is 0.00832. The molecular weight excluding hydrogens is 411 g/mol. The van der Waals surface area contributed by atoms with E-state index in [0.29, 0.717) is 11.4 Å². The summed E-state index contributed by atoms with van der Waals surface area (Å²) in [6.07, 6.45) is 4.39. The van der Waals surface area contributed by atoms with E-state index in [0.717, 1.165) is 24.3 Å². The predicted octanol–water partition coefficient (Wildman–Crippen LogP) is 3.81. The van der Waals surface area contributed by atoms with Crippen LogP contribution in [-0.2, 0) is 9.84 Å². The molecule has 11 heteroatoms. The summed E-state index contributed by atoms with van der Waals surface area (Å²) in [6, 6.07) is 9.70. The fraction of sp³-hybridized carbons (Fsp3) is 0.0556. The van der Waals surface area contributed by atoms with Gasteiger partial charge in [0, 0.05) is 23.6 Å². The maximum Gasteiger partial charge on any atom is 0.501 e. The topological polar surface area (TPSA) is 98.2 Å². The second-order valence-corrected chi connectivity index (χ2v) is 7.54. The van der Waals surface area contributed by atoms with Gasteiger partial charge < -0.3 is 10.1 Å². The Balaban J connectivity index is 1.67. The molecule has 0 radical (unpaired) electrons. The molecule has 0 bridgehead atoms. The van der Waals surface area contributed by atoms with Crippen molar-refractivity contribution in [3.05, 3.63) is 72.7 Å². The van der Waals surface area contributed by atoms with Crippen molar-refractivity contribution in [1.82, 2.24) is 9.97 Å². The molecule has 150 valence electrons. The molecule has 3 aromatic rings. The number of halogens is 3. The molecule has 3 rings (SSSR count). The quantitative estimate of drug-likeness (QED) is 0.670. The van der Waals surface area contributed by atoms with Gasteiger partial charge in [0.25, 0.3) is 15.7 Å². The number of sulfone groups is 1. The molecule has 0 aliphatic heterocycles. The van der Waals surface area contributed by atoms with E-state index >= 15 is 0 Å². The number of nitrogens with one attached hydrogen (secondary N) is 1. The van der Waals surface area contributed by atoms with Gasteiger partial charge >= 0.3 is 5.51 Å². The number of hydrogen-bond acceptors (Lipinski definition) is 6. The first kappa shape index (κ1) is 20.3. The summed E-state index contributed by atoms with van der Waals surface area (Å²) < 4.78 is 65.8. The minimum Gasteiger partial charge on any atom is -0.438 e. The zero-order valence-corrected chi connectivity index (χ0v) is 15.2. The SMILES string of the molecule is O=C(Nc1ccc(Oc2cnccn2)cc1)c1ccc(S(=O)(=O)C(F)(F)F)cc1. The van der Waals surface area contributed by atoms with Gasteiger partial charge in [0.1, 0.15) is 5.75 Å². The van der Waals surface area contributed by atoms with E-state index in [4.69, 9.17) is 4.74 Å². The van der Waals surface area contributed by atoms with Gasteiger partial charge in [-0.05, 0) is 48.5 Å². The van der Waals surface area contributed by atoms with Gasteiger partial charge in [-0.25, -0.2) is 13.4 Å². The molecular formula is C18H12F3N3O4S. The highest BCUT2D eigenvalue weighted by Crippen LogP contribution is 2.30. The lowest BCUT2D eigenvalue weighted by Gasteiger charge is -2.09. The van der Waals surface area contributed by atoms with Crippen LogP contribution in [0.15, 0.2) is 72.0 Å². The summed E-state index contributed by atoms with van der Waals surface area (Å²) in [6.45, 7) is 0. The first-order chi connectivity index (χ1) is 13.7. The van der Waals surface area contributed by atoms with E-state index in [1.807, 2.05) is 0 Å². The summed E-state index contributed by atoms with van der Waals surface area (Å²) in [5.41, 5.74) is -5.02. The number of aromatic nitrogens is 2. The molecule has 0 aliphatic rings. The highest BCUT2D eigenvalue weighted by atomic mass is 32.2. The molecule has 1 heterocycles. The van der Waals surface area contributed by atoms with Crippen molar-refractivity contribution in [3.63, 3.8) is 0 Å². The average molecular weight is 423 g/mol. The Hall–Kier alpha value is -3.47. The first-order valence-electron chi connectivity index (χ1n) is 7.93. The van der Waals surface area contributed by atoms with Gasteiger partial charge in [-0.1, -0.05) is 0 Å². The Kier molecular flexibility index (Phi) is 5.50. The Bertz CT molecular complexity index is 1100. The van der Waals surface area contributed by atoms with Crippen LogP contribution < -0.4 is 10.1 Å². The van der Waals surface area contributed by atoms with E-state index in [9.17, 15) is 26.4 Å². The van der Waals surface area contributed by atoms with Crippen LogP contribution in [0.1, 0.15) is 10.4 Å². The van der Waals surface area contributed by atoms with E-state index in [2.05, 4.69) is 15.3 Å². The van der Waals surface area contributed by atoms with Crippen LogP contribution >= 0.6 is 0 Å². The van der Waals surface area contributed by atoms with E-state index in [1.165, 1.54) is 18.6 Å². The lowest BCUT2D eigenvalue weighted by atomic mass is 10.2. The lowest BCUT2D eigenvalue weighted by molar-refractivity contribution is -0.0436. The Morgan fingerprint density at radius 3 is 2.17 bits per heavy atom. The smallest absolute Gasteiger partial charge is 0.438 e. The molecule has 0 saturated heterocycles. The van der Waals surface area contributed by atoms with Gasteiger partial charge in [0.05, 0.1) is 11.1 Å². The molecule has 1 amide bonds. The van der Waals surface area contributed by atoms with Crippen molar-refractivity contribution in [2.75, 3.05) is 5.32 Å². The molecule has 2 aromatic carbocycles. The van der Waals surface area contributed by atoms with Crippen molar-refractivity contribution < 1.29 is 31.1 Å². The van der Waals surface area contributed by atoms with Crippen molar-refractivity contribution in [2.45, 2.75) is 10.4 Å². The molecule has 0 unspecified atom stereocenters. The maximum absolute atomic E-state index is 12.6. The van der Waals surface area contributed by atoms with Gasteiger partial charge in [0.15, 0.2) is 0 Å². The summed E-state index contributed by atoms with van der Waals surface area (Å²) in [4.78, 5) is 19.1. The molecule has 0 atom stereocenters. The number of hydrogen-bond donors (Lipinski definition) is 1. The number of ether oxygens (including phenoxy) is 1. The molecule has 0 aliphatic carbocycles. The first-order valence-corrected chi connectivity index (χ1v) is 9.42. The van der Waals surface area contributed by atoms with Crippen LogP contribution in [0.4, 0.5) is 18.9 Å². The third-order valence-electron chi connectivity index (χ3n) is 3.61. The van der Waals surface area contributed by atoms with Crippen LogP contribution in [0.5, 0.6) is 11.6 Å². The van der Waals surface area contributed by atoms with E-state index in [-0.39, 0.29) is 11.4 Å². The standard InChI is InChI=1S/C18H12F3N3O4S/c19-18(20,21)29(26,27)15-7-1-12(2-8-15)17(25)24-13-3-5-14(6-4-13)28-16-11-22-9-10-23-16/h1-11H,(H,24,25). The second kappa shape index (κ2) is 7.87. The number of anilines is 1. The van der Waals surface area contributed by atoms with Gasteiger partial charge in [0.2, 0.25) is 5.88 Å². The summed E-state index contributed by atoms with van der Waals surface area (Å²) in [5.74, 6) is 0.118. The fourth-order valence-electron chi connectivity index (χ4n) is 2.19. The van der Waals surface area contributed by atoms with Crippen LogP contribution in [0.25, 0.3) is 0 Å². The van der Waals surface area contributed by atoms with Crippen LogP contribution in [0.3, 0.4) is 0 Å². The normalized spacial score (nSPS) is 11.7. The zero-order valence-electron chi connectivity index (χ0n) is 14.4. The molecule has 1 aromatic heterocycles. The van der Waals surface area contributed by atoms with Gasteiger partial charge in [-0.2, -0.15) is 13.2 Å². The molecule has 0 spiro atoms. The Morgan fingerprint density at radius 1 is 0.966 bits per heavy atom. The fourth-order valence-corrected chi connectivity index (χ4v) is 2.95. The third-order valence-corrected chi connectivity index (χ3v) is 5.11. The predicted molar refractivity (Wildman–Crippen MR) is 96.2 cm³/mol. The number of amides is 1. The number of nitrogens with zero attached hydrogens (tertiary/aromatic N) is 2. The summed E-state index contributed by atoms with van der Waals surface area (Å²) in [7, 11) is -5.46. The van der Waals surface area contributed by atoms with Gasteiger partial charge in [-0.3, -0.25) is 9.78 Å². The third kappa shape index (κ3) is 4.69. The number of carbonyl (C=O) groups is 1. The Morgan fingerprint density at radius 2 is 1.62 bits per heavy atom. The van der Waals surface area contributed by atoms with E-state index < -0.39 is 26.1 Å². The van der Waals surface area contributed by atoms with Crippen LogP contribution in [0.2, 0.25) is 0 Å². The largest absolute Gasteiger partial charge is 0.501 e. The van der Waals surface area contributed by atoms with Gasteiger partial charge in [-0.15, -0.1) is 0 Å².